The second kappa shape index (κ2) is 11.4. The maximum absolute atomic E-state index is 12.5. The van der Waals surface area contributed by atoms with Crippen molar-refractivity contribution in [3.63, 3.8) is 0 Å². The SMILES string of the molecule is COc1ccc(CC(=O)N/N=C\c2c(OCc3ccc(Cl)cc3)ccc3ccccc23)cc1OC. The summed E-state index contributed by atoms with van der Waals surface area (Å²) >= 11 is 5.98. The molecule has 0 aliphatic rings. The van der Waals surface area contributed by atoms with Crippen LogP contribution in [-0.2, 0) is 17.8 Å². The summed E-state index contributed by atoms with van der Waals surface area (Å²) in [6, 6.07) is 24.7. The maximum Gasteiger partial charge on any atom is 0.244 e. The molecule has 35 heavy (non-hydrogen) atoms. The van der Waals surface area contributed by atoms with Crippen molar-refractivity contribution in [2.24, 2.45) is 5.10 Å². The zero-order chi connectivity index (χ0) is 24.6. The van der Waals surface area contributed by atoms with Gasteiger partial charge < -0.3 is 14.2 Å². The van der Waals surface area contributed by atoms with Gasteiger partial charge in [-0.3, -0.25) is 4.79 Å². The van der Waals surface area contributed by atoms with Gasteiger partial charge >= 0.3 is 0 Å². The second-order valence-electron chi connectivity index (χ2n) is 7.77. The first-order valence-corrected chi connectivity index (χ1v) is 11.4. The monoisotopic (exact) mass is 488 g/mol. The number of hydrogen-bond donors (Lipinski definition) is 1. The van der Waals surface area contributed by atoms with E-state index >= 15 is 0 Å². The van der Waals surface area contributed by atoms with Crippen LogP contribution in [-0.4, -0.2) is 26.3 Å². The van der Waals surface area contributed by atoms with E-state index in [-0.39, 0.29) is 12.3 Å². The van der Waals surface area contributed by atoms with Crippen LogP contribution in [0.5, 0.6) is 17.2 Å². The van der Waals surface area contributed by atoms with E-state index in [1.807, 2.05) is 66.7 Å². The van der Waals surface area contributed by atoms with E-state index in [0.717, 1.165) is 27.5 Å². The Morgan fingerprint density at radius 3 is 2.37 bits per heavy atom. The summed E-state index contributed by atoms with van der Waals surface area (Å²) in [6.45, 7) is 0.377. The van der Waals surface area contributed by atoms with Gasteiger partial charge in [-0.15, -0.1) is 0 Å². The Kier molecular flexibility index (Phi) is 7.85. The summed E-state index contributed by atoms with van der Waals surface area (Å²) < 4.78 is 16.6. The molecule has 0 heterocycles. The Morgan fingerprint density at radius 2 is 1.60 bits per heavy atom. The fraction of sp³-hybridized carbons (Fsp3) is 0.143. The van der Waals surface area contributed by atoms with Crippen LogP contribution in [0.15, 0.2) is 84.0 Å². The molecule has 0 aliphatic carbocycles. The van der Waals surface area contributed by atoms with Gasteiger partial charge in [-0.1, -0.05) is 60.1 Å². The van der Waals surface area contributed by atoms with Crippen LogP contribution in [0.1, 0.15) is 16.7 Å². The van der Waals surface area contributed by atoms with E-state index in [2.05, 4.69) is 10.5 Å². The number of amides is 1. The molecular formula is C28H25ClN2O4. The molecule has 0 atom stereocenters. The maximum atomic E-state index is 12.5. The van der Waals surface area contributed by atoms with Gasteiger partial charge in [0.15, 0.2) is 11.5 Å². The third-order valence-corrected chi connectivity index (χ3v) is 5.69. The Balaban J connectivity index is 1.50. The van der Waals surface area contributed by atoms with Gasteiger partial charge in [0, 0.05) is 10.6 Å². The highest BCUT2D eigenvalue weighted by molar-refractivity contribution is 6.30. The lowest BCUT2D eigenvalue weighted by Crippen LogP contribution is -2.19. The number of fused-ring (bicyclic) bond motifs is 1. The Hall–Kier alpha value is -4.03. The third-order valence-electron chi connectivity index (χ3n) is 5.43. The molecule has 0 radical (unpaired) electrons. The number of methoxy groups -OCH3 is 2. The first-order chi connectivity index (χ1) is 17.1. The smallest absolute Gasteiger partial charge is 0.244 e. The molecule has 0 saturated heterocycles. The van der Waals surface area contributed by atoms with Gasteiger partial charge in [0.05, 0.1) is 26.9 Å². The van der Waals surface area contributed by atoms with E-state index in [1.165, 1.54) is 0 Å². The molecule has 178 valence electrons. The number of hydrogen-bond acceptors (Lipinski definition) is 5. The molecule has 7 heteroatoms. The molecule has 0 saturated carbocycles. The number of carbonyl (C=O) groups is 1. The van der Waals surface area contributed by atoms with Crippen molar-refractivity contribution < 1.29 is 19.0 Å². The van der Waals surface area contributed by atoms with E-state index in [9.17, 15) is 4.79 Å². The predicted molar refractivity (Wildman–Crippen MR) is 139 cm³/mol. The minimum atomic E-state index is -0.252. The van der Waals surface area contributed by atoms with Crippen molar-refractivity contribution in [2.45, 2.75) is 13.0 Å². The second-order valence-corrected chi connectivity index (χ2v) is 8.21. The molecule has 0 aromatic heterocycles. The number of carbonyl (C=O) groups excluding carboxylic acids is 1. The lowest BCUT2D eigenvalue weighted by molar-refractivity contribution is -0.120. The summed E-state index contributed by atoms with van der Waals surface area (Å²) in [5, 5.41) is 6.91. The highest BCUT2D eigenvalue weighted by atomic mass is 35.5. The third kappa shape index (κ3) is 6.11. The van der Waals surface area contributed by atoms with Gasteiger partial charge in [0.25, 0.3) is 0 Å². The Labute approximate surface area is 209 Å². The number of halogens is 1. The van der Waals surface area contributed by atoms with Gasteiger partial charge in [-0.05, 0) is 52.2 Å². The van der Waals surface area contributed by atoms with E-state index in [4.69, 9.17) is 25.8 Å². The largest absolute Gasteiger partial charge is 0.493 e. The first kappa shape index (κ1) is 24.1. The van der Waals surface area contributed by atoms with Crippen molar-refractivity contribution in [3.05, 3.63) is 101 Å². The molecule has 4 aromatic carbocycles. The number of hydrazone groups is 1. The van der Waals surface area contributed by atoms with Gasteiger partial charge in [-0.2, -0.15) is 5.10 Å². The Bertz CT molecular complexity index is 1350. The number of nitrogens with one attached hydrogen (secondary N) is 1. The van der Waals surface area contributed by atoms with Gasteiger partial charge in [0.2, 0.25) is 5.91 Å². The van der Waals surface area contributed by atoms with Crippen LogP contribution in [0.3, 0.4) is 0 Å². The molecule has 0 bridgehead atoms. The lowest BCUT2D eigenvalue weighted by Gasteiger charge is -2.12. The van der Waals surface area contributed by atoms with Gasteiger partial charge in [-0.25, -0.2) is 5.43 Å². The summed E-state index contributed by atoms with van der Waals surface area (Å²) in [4.78, 5) is 12.5. The standard InChI is InChI=1S/C28H25ClN2O4/c1-33-26-13-9-20(15-27(26)34-2)16-28(32)31-30-17-24-23-6-4-3-5-21(23)10-14-25(24)35-18-19-7-11-22(29)12-8-19/h3-15,17H,16,18H2,1-2H3,(H,31,32)/b30-17-. The van der Waals surface area contributed by atoms with Crippen LogP contribution in [0, 0.1) is 0 Å². The Morgan fingerprint density at radius 1 is 0.886 bits per heavy atom. The minimum absolute atomic E-state index is 0.146. The molecule has 0 spiro atoms. The van der Waals surface area contributed by atoms with E-state index in [0.29, 0.717) is 28.9 Å². The number of nitrogens with zero attached hydrogens (tertiary/aromatic N) is 1. The quantitative estimate of drug-likeness (QED) is 0.239. The van der Waals surface area contributed by atoms with Crippen LogP contribution in [0.4, 0.5) is 0 Å². The van der Waals surface area contributed by atoms with Crippen LogP contribution in [0.25, 0.3) is 10.8 Å². The topological polar surface area (TPSA) is 69.2 Å². The molecule has 1 amide bonds. The first-order valence-electron chi connectivity index (χ1n) is 11.0. The molecule has 4 aromatic rings. The molecule has 0 aliphatic heterocycles. The zero-order valence-electron chi connectivity index (χ0n) is 19.5. The summed E-state index contributed by atoms with van der Waals surface area (Å²) in [5.74, 6) is 1.59. The average Bonchev–Trinajstić information content (AvgIpc) is 2.88. The number of ether oxygens (including phenoxy) is 3. The highest BCUT2D eigenvalue weighted by Crippen LogP contribution is 2.29. The van der Waals surface area contributed by atoms with Crippen molar-refractivity contribution in [2.75, 3.05) is 14.2 Å². The molecule has 0 unspecified atom stereocenters. The summed E-state index contributed by atoms with van der Waals surface area (Å²) in [7, 11) is 3.13. The minimum Gasteiger partial charge on any atom is -0.493 e. The lowest BCUT2D eigenvalue weighted by atomic mass is 10.0. The number of benzene rings is 4. The van der Waals surface area contributed by atoms with Crippen LogP contribution < -0.4 is 19.6 Å². The summed E-state index contributed by atoms with van der Waals surface area (Å²) in [6.07, 6.45) is 1.76. The fourth-order valence-electron chi connectivity index (χ4n) is 3.66. The van der Waals surface area contributed by atoms with E-state index < -0.39 is 0 Å². The van der Waals surface area contributed by atoms with Gasteiger partial charge in [0.1, 0.15) is 12.4 Å². The average molecular weight is 489 g/mol. The molecular weight excluding hydrogens is 464 g/mol. The molecule has 6 nitrogen and oxygen atoms in total. The van der Waals surface area contributed by atoms with Crippen molar-refractivity contribution in [1.82, 2.24) is 5.43 Å². The highest BCUT2D eigenvalue weighted by Gasteiger charge is 2.10. The molecule has 1 N–H and O–H groups in total. The molecule has 0 fully saturated rings. The van der Waals surface area contributed by atoms with E-state index in [1.54, 1.807) is 32.6 Å². The summed E-state index contributed by atoms with van der Waals surface area (Å²) in [5.41, 5.74) is 5.17. The normalized spacial score (nSPS) is 10.9. The number of rotatable bonds is 9. The van der Waals surface area contributed by atoms with Crippen molar-refractivity contribution >= 4 is 34.5 Å². The van der Waals surface area contributed by atoms with Crippen LogP contribution >= 0.6 is 11.6 Å². The van der Waals surface area contributed by atoms with Crippen LogP contribution in [0.2, 0.25) is 5.02 Å². The van der Waals surface area contributed by atoms with Crippen molar-refractivity contribution in [3.8, 4) is 17.2 Å². The molecule has 4 rings (SSSR count). The predicted octanol–water partition coefficient (Wildman–Crippen LogP) is 5.78. The van der Waals surface area contributed by atoms with Crippen molar-refractivity contribution in [1.29, 1.82) is 0 Å². The fourth-order valence-corrected chi connectivity index (χ4v) is 3.79. The zero-order valence-corrected chi connectivity index (χ0v) is 20.2.